The zero-order valence-corrected chi connectivity index (χ0v) is 14.4. The molecule has 3 rings (SSSR count). The number of methoxy groups -OCH3 is 1. The van der Waals surface area contributed by atoms with Crippen LogP contribution in [0.15, 0.2) is 12.3 Å². The Balaban J connectivity index is 0.00000192. The van der Waals surface area contributed by atoms with Gasteiger partial charge in [-0.25, -0.2) is 4.98 Å². The summed E-state index contributed by atoms with van der Waals surface area (Å²) in [5, 5.41) is 0. The van der Waals surface area contributed by atoms with E-state index in [2.05, 4.69) is 14.9 Å². The van der Waals surface area contributed by atoms with Crippen molar-refractivity contribution in [2.45, 2.75) is 32.1 Å². The van der Waals surface area contributed by atoms with Crippen LogP contribution in [0.3, 0.4) is 0 Å². The summed E-state index contributed by atoms with van der Waals surface area (Å²) in [6.45, 7) is 3.09. The van der Waals surface area contributed by atoms with Crippen LogP contribution in [0, 0.1) is 5.92 Å². The normalized spacial score (nSPS) is 19.2. The summed E-state index contributed by atoms with van der Waals surface area (Å²) in [4.78, 5) is 25.4. The molecule has 1 aromatic rings. The van der Waals surface area contributed by atoms with E-state index in [1.807, 2.05) is 4.90 Å². The molecule has 0 N–H and O–H groups in total. The minimum Gasteiger partial charge on any atom is -0.481 e. The quantitative estimate of drug-likeness (QED) is 0.843. The minimum absolute atomic E-state index is 0. The first-order valence-electron chi connectivity index (χ1n) is 8.18. The molecule has 1 aromatic heterocycles. The van der Waals surface area contributed by atoms with Gasteiger partial charge in [0.2, 0.25) is 17.7 Å². The minimum atomic E-state index is 0. The SMILES string of the molecule is COc1ccnc(N2CCN(C(=O)C3CCCCC3)CC2)n1.Cl. The van der Waals surface area contributed by atoms with E-state index in [0.717, 1.165) is 39.0 Å². The number of carbonyl (C=O) groups excluding carboxylic acids is 1. The fourth-order valence-corrected chi connectivity index (χ4v) is 3.33. The summed E-state index contributed by atoms with van der Waals surface area (Å²) in [5.74, 6) is 1.87. The summed E-state index contributed by atoms with van der Waals surface area (Å²) in [6.07, 6.45) is 7.53. The van der Waals surface area contributed by atoms with Gasteiger partial charge in [0.15, 0.2) is 0 Å². The number of piperazine rings is 1. The van der Waals surface area contributed by atoms with Gasteiger partial charge in [0, 0.05) is 44.4 Å². The molecular formula is C16H25ClN4O2. The number of halogens is 1. The lowest BCUT2D eigenvalue weighted by Crippen LogP contribution is -2.51. The van der Waals surface area contributed by atoms with Gasteiger partial charge >= 0.3 is 0 Å². The molecule has 1 amide bonds. The summed E-state index contributed by atoms with van der Waals surface area (Å²) < 4.78 is 5.14. The molecule has 0 spiro atoms. The second-order valence-electron chi connectivity index (χ2n) is 6.05. The number of aromatic nitrogens is 2. The Kier molecular flexibility index (Phi) is 6.45. The van der Waals surface area contributed by atoms with Gasteiger partial charge in [-0.15, -0.1) is 12.4 Å². The van der Waals surface area contributed by atoms with Crippen LogP contribution in [0.1, 0.15) is 32.1 Å². The standard InChI is InChI=1S/C16H24N4O2.ClH/c1-22-14-7-8-17-16(18-14)20-11-9-19(10-12-20)15(21)13-5-3-2-4-6-13;/h7-8,13H,2-6,9-12H2,1H3;1H. The highest BCUT2D eigenvalue weighted by Crippen LogP contribution is 2.26. The van der Waals surface area contributed by atoms with Crippen molar-refractivity contribution in [2.24, 2.45) is 5.92 Å². The van der Waals surface area contributed by atoms with Crippen molar-refractivity contribution < 1.29 is 9.53 Å². The maximum atomic E-state index is 12.6. The average Bonchev–Trinajstić information content (AvgIpc) is 2.62. The molecule has 128 valence electrons. The number of anilines is 1. The zero-order valence-electron chi connectivity index (χ0n) is 13.6. The largest absolute Gasteiger partial charge is 0.481 e. The molecule has 1 aliphatic carbocycles. The molecule has 1 aliphatic heterocycles. The number of carbonyl (C=O) groups is 1. The Bertz CT molecular complexity index is 515. The maximum Gasteiger partial charge on any atom is 0.228 e. The van der Waals surface area contributed by atoms with Crippen molar-refractivity contribution in [1.29, 1.82) is 0 Å². The first kappa shape index (κ1) is 17.8. The van der Waals surface area contributed by atoms with Crippen molar-refractivity contribution in [3.63, 3.8) is 0 Å². The number of ether oxygens (including phenoxy) is 1. The average molecular weight is 341 g/mol. The topological polar surface area (TPSA) is 58.6 Å². The van der Waals surface area contributed by atoms with Gasteiger partial charge in [-0.3, -0.25) is 4.79 Å². The molecule has 6 nitrogen and oxygen atoms in total. The van der Waals surface area contributed by atoms with Crippen LogP contribution in [-0.4, -0.2) is 54.1 Å². The van der Waals surface area contributed by atoms with E-state index in [1.54, 1.807) is 19.4 Å². The van der Waals surface area contributed by atoms with Gasteiger partial charge in [-0.1, -0.05) is 19.3 Å². The number of nitrogens with zero attached hydrogens (tertiary/aromatic N) is 4. The van der Waals surface area contributed by atoms with Crippen molar-refractivity contribution in [1.82, 2.24) is 14.9 Å². The lowest BCUT2D eigenvalue weighted by Gasteiger charge is -2.37. The number of hydrogen-bond acceptors (Lipinski definition) is 5. The molecule has 1 saturated carbocycles. The summed E-state index contributed by atoms with van der Waals surface area (Å²) >= 11 is 0. The van der Waals surface area contributed by atoms with E-state index in [0.29, 0.717) is 17.7 Å². The second kappa shape index (κ2) is 8.34. The Labute approximate surface area is 143 Å². The van der Waals surface area contributed by atoms with E-state index in [9.17, 15) is 4.79 Å². The highest BCUT2D eigenvalue weighted by molar-refractivity contribution is 5.85. The van der Waals surface area contributed by atoms with Gasteiger partial charge in [-0.05, 0) is 12.8 Å². The van der Waals surface area contributed by atoms with Crippen molar-refractivity contribution in [3.05, 3.63) is 12.3 Å². The van der Waals surface area contributed by atoms with Crippen LogP contribution in [0.2, 0.25) is 0 Å². The van der Waals surface area contributed by atoms with Crippen LogP contribution >= 0.6 is 12.4 Å². The smallest absolute Gasteiger partial charge is 0.228 e. The van der Waals surface area contributed by atoms with Crippen molar-refractivity contribution in [2.75, 3.05) is 38.2 Å². The van der Waals surface area contributed by atoms with E-state index in [4.69, 9.17) is 4.74 Å². The Morgan fingerprint density at radius 3 is 2.52 bits per heavy atom. The predicted octanol–water partition coefficient (Wildman–Crippen LogP) is 2.14. The molecule has 0 bridgehead atoms. The van der Waals surface area contributed by atoms with Gasteiger partial charge in [-0.2, -0.15) is 4.98 Å². The van der Waals surface area contributed by atoms with Gasteiger partial charge in [0.25, 0.3) is 0 Å². The number of hydrogen-bond donors (Lipinski definition) is 0. The highest BCUT2D eigenvalue weighted by atomic mass is 35.5. The molecule has 2 aliphatic rings. The first-order valence-corrected chi connectivity index (χ1v) is 8.18. The molecule has 23 heavy (non-hydrogen) atoms. The van der Waals surface area contributed by atoms with Crippen LogP contribution < -0.4 is 9.64 Å². The number of rotatable bonds is 3. The van der Waals surface area contributed by atoms with E-state index < -0.39 is 0 Å². The van der Waals surface area contributed by atoms with Crippen molar-refractivity contribution in [3.8, 4) is 5.88 Å². The second-order valence-corrected chi connectivity index (χ2v) is 6.05. The first-order chi connectivity index (χ1) is 10.8. The van der Waals surface area contributed by atoms with E-state index >= 15 is 0 Å². The van der Waals surface area contributed by atoms with E-state index in [1.165, 1.54) is 19.3 Å². The monoisotopic (exact) mass is 340 g/mol. The van der Waals surface area contributed by atoms with Crippen molar-refractivity contribution >= 4 is 24.3 Å². The predicted molar refractivity (Wildman–Crippen MR) is 91.2 cm³/mol. The van der Waals surface area contributed by atoms with Crippen LogP contribution in [0.4, 0.5) is 5.95 Å². The molecule has 1 saturated heterocycles. The van der Waals surface area contributed by atoms with Crippen LogP contribution in [0.5, 0.6) is 5.88 Å². The molecule has 2 fully saturated rings. The van der Waals surface area contributed by atoms with Gasteiger partial charge in [0.1, 0.15) is 0 Å². The molecule has 0 unspecified atom stereocenters. The highest BCUT2D eigenvalue weighted by Gasteiger charge is 2.29. The van der Waals surface area contributed by atoms with Gasteiger partial charge in [0.05, 0.1) is 7.11 Å². The Morgan fingerprint density at radius 1 is 1.17 bits per heavy atom. The lowest BCUT2D eigenvalue weighted by molar-refractivity contribution is -0.136. The fraction of sp³-hybridized carbons (Fsp3) is 0.688. The lowest BCUT2D eigenvalue weighted by atomic mass is 9.88. The van der Waals surface area contributed by atoms with E-state index in [-0.39, 0.29) is 18.3 Å². The maximum absolute atomic E-state index is 12.6. The van der Waals surface area contributed by atoms with Crippen LogP contribution in [-0.2, 0) is 4.79 Å². The third kappa shape index (κ3) is 4.25. The molecule has 0 atom stereocenters. The third-order valence-electron chi connectivity index (χ3n) is 4.66. The Hall–Kier alpha value is -1.56. The molecule has 0 radical (unpaired) electrons. The molecular weight excluding hydrogens is 316 g/mol. The summed E-state index contributed by atoms with van der Waals surface area (Å²) in [6, 6.07) is 1.74. The Morgan fingerprint density at radius 2 is 1.87 bits per heavy atom. The fourth-order valence-electron chi connectivity index (χ4n) is 3.33. The molecule has 7 heteroatoms. The number of amides is 1. The summed E-state index contributed by atoms with van der Waals surface area (Å²) in [7, 11) is 1.60. The summed E-state index contributed by atoms with van der Waals surface area (Å²) in [5.41, 5.74) is 0. The van der Waals surface area contributed by atoms with Crippen LogP contribution in [0.25, 0.3) is 0 Å². The zero-order chi connectivity index (χ0) is 15.4. The van der Waals surface area contributed by atoms with Gasteiger partial charge < -0.3 is 14.5 Å². The molecule has 0 aromatic carbocycles. The third-order valence-corrected chi connectivity index (χ3v) is 4.66. The molecule has 2 heterocycles.